The van der Waals surface area contributed by atoms with Crippen LogP contribution in [0.1, 0.15) is 23.0 Å². The van der Waals surface area contributed by atoms with E-state index < -0.39 is 18.4 Å². The van der Waals surface area contributed by atoms with E-state index in [2.05, 4.69) is 0 Å². The molecule has 0 fully saturated rings. The van der Waals surface area contributed by atoms with Crippen molar-refractivity contribution in [3.8, 4) is 5.75 Å². The molecule has 3 rings (SSSR count). The van der Waals surface area contributed by atoms with Crippen molar-refractivity contribution < 1.29 is 27.9 Å². The molecule has 0 spiro atoms. The first-order chi connectivity index (χ1) is 13.5. The van der Waals surface area contributed by atoms with Crippen LogP contribution in [0.25, 0.3) is 11.0 Å². The quantitative estimate of drug-likeness (QED) is 0.579. The van der Waals surface area contributed by atoms with Crippen molar-refractivity contribution in [2.24, 2.45) is 0 Å². The third kappa shape index (κ3) is 4.31. The molecule has 0 aliphatic carbocycles. The first-order valence-electron chi connectivity index (χ1n) is 8.77. The highest BCUT2D eigenvalue weighted by molar-refractivity contribution is 5.93. The second-order valence-electron chi connectivity index (χ2n) is 6.10. The minimum absolute atomic E-state index is 0.0364. The molecule has 2 aromatic carbocycles. The molecule has 0 unspecified atom stereocenters. The zero-order chi connectivity index (χ0) is 20.1. The first-order valence-corrected chi connectivity index (χ1v) is 8.77. The van der Waals surface area contributed by atoms with Crippen molar-refractivity contribution in [2.45, 2.75) is 13.5 Å². The summed E-state index contributed by atoms with van der Waals surface area (Å²) in [6.45, 7) is 1.94. The first kappa shape index (κ1) is 19.4. The number of rotatable bonds is 7. The SMILES string of the molecule is CCN(Cc1ccc(OC)c(F)c1)C(=O)COC(=O)c1cc2ccccc2o1. The van der Waals surface area contributed by atoms with Crippen molar-refractivity contribution in [1.29, 1.82) is 0 Å². The second-order valence-corrected chi connectivity index (χ2v) is 6.10. The lowest BCUT2D eigenvalue weighted by atomic mass is 10.2. The van der Waals surface area contributed by atoms with Gasteiger partial charge in [-0.15, -0.1) is 0 Å². The van der Waals surface area contributed by atoms with Crippen molar-refractivity contribution >= 4 is 22.8 Å². The number of nitrogens with zero attached hydrogens (tertiary/aromatic N) is 1. The Morgan fingerprint density at radius 3 is 2.61 bits per heavy atom. The van der Waals surface area contributed by atoms with Gasteiger partial charge in [-0.2, -0.15) is 0 Å². The maximum Gasteiger partial charge on any atom is 0.374 e. The molecule has 1 aromatic heterocycles. The number of esters is 1. The Balaban J connectivity index is 1.60. The number of fused-ring (bicyclic) bond motifs is 1. The van der Waals surface area contributed by atoms with E-state index in [9.17, 15) is 14.0 Å². The Hall–Kier alpha value is -3.35. The van der Waals surface area contributed by atoms with E-state index >= 15 is 0 Å². The Morgan fingerprint density at radius 1 is 1.14 bits per heavy atom. The maximum atomic E-state index is 13.8. The number of hydrogen-bond donors (Lipinski definition) is 0. The number of furan rings is 1. The number of carbonyl (C=O) groups excluding carboxylic acids is 2. The van der Waals surface area contributed by atoms with Crippen LogP contribution in [-0.4, -0.2) is 37.0 Å². The molecule has 146 valence electrons. The van der Waals surface area contributed by atoms with Gasteiger partial charge in [0.2, 0.25) is 5.76 Å². The monoisotopic (exact) mass is 385 g/mol. The van der Waals surface area contributed by atoms with Gasteiger partial charge in [-0.1, -0.05) is 24.3 Å². The van der Waals surface area contributed by atoms with Gasteiger partial charge in [-0.05, 0) is 36.8 Å². The number of halogens is 1. The number of methoxy groups -OCH3 is 1. The summed E-state index contributed by atoms with van der Waals surface area (Å²) in [6, 6.07) is 13.2. The number of likely N-dealkylation sites (N-methyl/N-ethyl adjacent to an activating group) is 1. The molecule has 28 heavy (non-hydrogen) atoms. The zero-order valence-corrected chi connectivity index (χ0v) is 15.6. The lowest BCUT2D eigenvalue weighted by Crippen LogP contribution is -2.34. The lowest BCUT2D eigenvalue weighted by Gasteiger charge is -2.21. The Morgan fingerprint density at radius 2 is 1.93 bits per heavy atom. The van der Waals surface area contributed by atoms with Crippen molar-refractivity contribution in [1.82, 2.24) is 4.90 Å². The fourth-order valence-electron chi connectivity index (χ4n) is 2.78. The summed E-state index contributed by atoms with van der Waals surface area (Å²) in [5.74, 6) is -1.42. The van der Waals surface area contributed by atoms with Crippen LogP contribution in [-0.2, 0) is 16.1 Å². The average Bonchev–Trinajstić information content (AvgIpc) is 3.14. The summed E-state index contributed by atoms with van der Waals surface area (Å²) in [4.78, 5) is 26.0. The van der Waals surface area contributed by atoms with Gasteiger partial charge in [-0.25, -0.2) is 9.18 Å². The third-order valence-corrected chi connectivity index (χ3v) is 4.28. The fourth-order valence-corrected chi connectivity index (χ4v) is 2.78. The molecule has 0 aliphatic rings. The van der Waals surface area contributed by atoms with Gasteiger partial charge in [0.1, 0.15) is 5.58 Å². The smallest absolute Gasteiger partial charge is 0.374 e. The van der Waals surface area contributed by atoms with Crippen LogP contribution in [0.2, 0.25) is 0 Å². The normalized spacial score (nSPS) is 10.7. The Kier molecular flexibility index (Phi) is 5.93. The number of carbonyl (C=O) groups is 2. The van der Waals surface area contributed by atoms with Gasteiger partial charge in [-0.3, -0.25) is 4.79 Å². The Labute approximate surface area is 161 Å². The Bertz CT molecular complexity index is 964. The van der Waals surface area contributed by atoms with E-state index in [4.69, 9.17) is 13.9 Å². The minimum atomic E-state index is -0.712. The standard InChI is InChI=1S/C21H20FNO5/c1-3-23(12-14-8-9-18(26-2)16(22)10-14)20(24)13-27-21(25)19-11-15-6-4-5-7-17(15)28-19/h4-11H,3,12-13H2,1-2H3. The molecule has 0 aliphatic heterocycles. The predicted octanol–water partition coefficient (Wildman–Crippen LogP) is 3.79. The van der Waals surface area contributed by atoms with Gasteiger partial charge >= 0.3 is 5.97 Å². The van der Waals surface area contributed by atoms with Gasteiger partial charge in [0.05, 0.1) is 7.11 Å². The molecule has 0 atom stereocenters. The molecule has 6 nitrogen and oxygen atoms in total. The minimum Gasteiger partial charge on any atom is -0.494 e. The third-order valence-electron chi connectivity index (χ3n) is 4.28. The van der Waals surface area contributed by atoms with E-state index in [1.807, 2.05) is 12.1 Å². The van der Waals surface area contributed by atoms with Crippen molar-refractivity contribution in [3.63, 3.8) is 0 Å². The van der Waals surface area contributed by atoms with E-state index in [1.54, 1.807) is 31.2 Å². The zero-order valence-electron chi connectivity index (χ0n) is 15.6. The van der Waals surface area contributed by atoms with Crippen LogP contribution < -0.4 is 4.74 Å². The molecule has 3 aromatic rings. The number of ether oxygens (including phenoxy) is 2. The molecule has 0 radical (unpaired) electrons. The fraction of sp³-hybridized carbons (Fsp3) is 0.238. The molecule has 0 saturated carbocycles. The van der Waals surface area contributed by atoms with E-state index in [0.717, 1.165) is 5.39 Å². The summed E-state index contributed by atoms with van der Waals surface area (Å²) in [5.41, 5.74) is 1.18. The van der Waals surface area contributed by atoms with Gasteiger partial charge in [0.15, 0.2) is 18.2 Å². The summed E-state index contributed by atoms with van der Waals surface area (Å²) in [6.07, 6.45) is 0. The molecule has 0 bridgehead atoms. The van der Waals surface area contributed by atoms with Gasteiger partial charge in [0.25, 0.3) is 5.91 Å². The van der Waals surface area contributed by atoms with E-state index in [0.29, 0.717) is 17.7 Å². The van der Waals surface area contributed by atoms with E-state index in [-0.39, 0.29) is 24.0 Å². The summed E-state index contributed by atoms with van der Waals surface area (Å²) in [5, 5.41) is 0.775. The second kappa shape index (κ2) is 8.56. The average molecular weight is 385 g/mol. The molecule has 0 saturated heterocycles. The van der Waals surface area contributed by atoms with Crippen LogP contribution in [0.4, 0.5) is 4.39 Å². The topological polar surface area (TPSA) is 69.0 Å². The summed E-state index contributed by atoms with van der Waals surface area (Å²) >= 11 is 0. The highest BCUT2D eigenvalue weighted by Crippen LogP contribution is 2.20. The summed E-state index contributed by atoms with van der Waals surface area (Å²) < 4.78 is 29.2. The number of para-hydroxylation sites is 1. The molecule has 7 heteroatoms. The van der Waals surface area contributed by atoms with Crippen LogP contribution >= 0.6 is 0 Å². The largest absolute Gasteiger partial charge is 0.494 e. The maximum absolute atomic E-state index is 13.8. The molecule has 0 N–H and O–H groups in total. The molecule has 1 amide bonds. The molecular formula is C21H20FNO5. The number of benzene rings is 2. The molecule has 1 heterocycles. The van der Waals surface area contributed by atoms with Crippen LogP contribution in [0.5, 0.6) is 5.75 Å². The van der Waals surface area contributed by atoms with E-state index in [1.165, 1.54) is 24.1 Å². The number of amides is 1. The van der Waals surface area contributed by atoms with Crippen molar-refractivity contribution in [2.75, 3.05) is 20.3 Å². The van der Waals surface area contributed by atoms with Crippen molar-refractivity contribution in [3.05, 3.63) is 65.7 Å². The highest BCUT2D eigenvalue weighted by Gasteiger charge is 2.18. The predicted molar refractivity (Wildman–Crippen MR) is 101 cm³/mol. The number of hydrogen-bond acceptors (Lipinski definition) is 5. The lowest BCUT2D eigenvalue weighted by molar-refractivity contribution is -0.135. The van der Waals surface area contributed by atoms with Crippen LogP contribution in [0.15, 0.2) is 52.9 Å². The molecular weight excluding hydrogens is 365 g/mol. The van der Waals surface area contributed by atoms with Crippen LogP contribution in [0.3, 0.4) is 0 Å². The summed E-state index contributed by atoms with van der Waals surface area (Å²) in [7, 11) is 1.39. The highest BCUT2D eigenvalue weighted by atomic mass is 19.1. The van der Waals surface area contributed by atoms with Gasteiger partial charge in [0, 0.05) is 18.5 Å². The van der Waals surface area contributed by atoms with Crippen LogP contribution in [0, 0.1) is 5.82 Å². The van der Waals surface area contributed by atoms with Gasteiger partial charge < -0.3 is 18.8 Å².